The summed E-state index contributed by atoms with van der Waals surface area (Å²) < 4.78 is 37.9. The van der Waals surface area contributed by atoms with Gasteiger partial charge in [-0.05, 0) is 50.3 Å². The number of hydrogen-bond donors (Lipinski definition) is 1. The predicted molar refractivity (Wildman–Crippen MR) is 155 cm³/mol. The molecular formula is C30H41N3O6S. The van der Waals surface area contributed by atoms with Crippen LogP contribution in [0.4, 0.5) is 5.69 Å². The van der Waals surface area contributed by atoms with Crippen LogP contribution in [0.5, 0.6) is 11.5 Å². The second kappa shape index (κ2) is 13.4. The third kappa shape index (κ3) is 7.68. The Morgan fingerprint density at radius 3 is 2.45 bits per heavy atom. The molecule has 0 spiro atoms. The van der Waals surface area contributed by atoms with Crippen molar-refractivity contribution in [3.05, 3.63) is 53.6 Å². The second-order valence-corrected chi connectivity index (χ2v) is 12.6. The fourth-order valence-electron chi connectivity index (χ4n) is 5.49. The first-order chi connectivity index (χ1) is 19.2. The monoisotopic (exact) mass is 571 g/mol. The van der Waals surface area contributed by atoms with Gasteiger partial charge in [0.2, 0.25) is 21.8 Å². The maximum Gasteiger partial charge on any atom is 0.243 e. The molecule has 2 aliphatic rings. The van der Waals surface area contributed by atoms with Gasteiger partial charge in [-0.1, -0.05) is 49.6 Å². The highest BCUT2D eigenvalue weighted by Crippen LogP contribution is 2.35. The van der Waals surface area contributed by atoms with Crippen LogP contribution in [-0.4, -0.2) is 63.2 Å². The highest BCUT2D eigenvalue weighted by molar-refractivity contribution is 7.92. The van der Waals surface area contributed by atoms with Crippen LogP contribution < -0.4 is 19.1 Å². The number of benzene rings is 2. The first-order valence-electron chi connectivity index (χ1n) is 14.2. The summed E-state index contributed by atoms with van der Waals surface area (Å²) in [6.07, 6.45) is 6.19. The van der Waals surface area contributed by atoms with Crippen molar-refractivity contribution in [2.24, 2.45) is 0 Å². The molecule has 0 radical (unpaired) electrons. The minimum atomic E-state index is -3.62. The summed E-state index contributed by atoms with van der Waals surface area (Å²) in [7, 11) is -3.62. The van der Waals surface area contributed by atoms with E-state index in [0.29, 0.717) is 49.8 Å². The van der Waals surface area contributed by atoms with Gasteiger partial charge in [-0.15, -0.1) is 0 Å². The Labute approximate surface area is 237 Å². The molecule has 2 aromatic carbocycles. The summed E-state index contributed by atoms with van der Waals surface area (Å²) >= 11 is 0. The van der Waals surface area contributed by atoms with E-state index in [2.05, 4.69) is 5.32 Å². The van der Waals surface area contributed by atoms with Crippen molar-refractivity contribution in [2.45, 2.75) is 77.4 Å². The van der Waals surface area contributed by atoms with Gasteiger partial charge < -0.3 is 19.7 Å². The lowest BCUT2D eigenvalue weighted by Gasteiger charge is -2.32. The number of fused-ring (bicyclic) bond motifs is 1. The number of anilines is 1. The van der Waals surface area contributed by atoms with E-state index < -0.39 is 16.1 Å². The van der Waals surface area contributed by atoms with E-state index in [0.717, 1.165) is 43.1 Å². The van der Waals surface area contributed by atoms with Crippen LogP contribution in [0.25, 0.3) is 0 Å². The van der Waals surface area contributed by atoms with E-state index in [1.54, 1.807) is 23.1 Å². The number of carbonyl (C=O) groups excluding carboxylic acids is 2. The Morgan fingerprint density at radius 2 is 1.77 bits per heavy atom. The van der Waals surface area contributed by atoms with E-state index >= 15 is 0 Å². The third-order valence-electron chi connectivity index (χ3n) is 7.49. The van der Waals surface area contributed by atoms with Gasteiger partial charge in [0.25, 0.3) is 0 Å². The summed E-state index contributed by atoms with van der Waals surface area (Å²) in [6.45, 7) is 5.19. The Balaban J connectivity index is 1.48. The number of nitrogens with one attached hydrogen (secondary N) is 1. The molecule has 0 aromatic heterocycles. The van der Waals surface area contributed by atoms with Crippen LogP contribution in [-0.2, 0) is 26.2 Å². The van der Waals surface area contributed by atoms with Crippen LogP contribution >= 0.6 is 0 Å². The molecule has 0 bridgehead atoms. The molecule has 1 heterocycles. The molecule has 218 valence electrons. The molecule has 2 amide bonds. The van der Waals surface area contributed by atoms with Crippen molar-refractivity contribution in [1.82, 2.24) is 10.2 Å². The summed E-state index contributed by atoms with van der Waals surface area (Å²) in [5, 5.41) is 3.16. The lowest BCUT2D eigenvalue weighted by atomic mass is 10.1. The Bertz CT molecular complexity index is 1290. The highest BCUT2D eigenvalue weighted by atomic mass is 32.2. The van der Waals surface area contributed by atoms with Crippen LogP contribution in [0.1, 0.15) is 63.0 Å². The first kappa shape index (κ1) is 29.7. The number of rotatable bonds is 12. The number of amides is 2. The minimum absolute atomic E-state index is 0.107. The maximum absolute atomic E-state index is 13.7. The summed E-state index contributed by atoms with van der Waals surface area (Å²) in [4.78, 5) is 28.7. The number of carbonyl (C=O) groups is 2. The SMILES string of the molecule is CC[C@H](C(=O)NC1CCCC1)N(Cc1cccc(C)c1)C(=O)CCCN(c1ccc2c(c1)OCCO2)S(C)(=O)=O. The number of hydrogen-bond acceptors (Lipinski definition) is 6. The van der Waals surface area contributed by atoms with Gasteiger partial charge in [0.05, 0.1) is 11.9 Å². The van der Waals surface area contributed by atoms with Crippen LogP contribution in [0.2, 0.25) is 0 Å². The second-order valence-electron chi connectivity index (χ2n) is 10.7. The molecule has 10 heteroatoms. The molecule has 4 rings (SSSR count). The van der Waals surface area contributed by atoms with Gasteiger partial charge in [0.1, 0.15) is 19.3 Å². The normalized spacial score (nSPS) is 15.9. The molecule has 1 N–H and O–H groups in total. The molecule has 1 aliphatic heterocycles. The third-order valence-corrected chi connectivity index (χ3v) is 8.68. The lowest BCUT2D eigenvalue weighted by molar-refractivity contribution is -0.141. The summed E-state index contributed by atoms with van der Waals surface area (Å²) in [5.74, 6) is 0.777. The average molecular weight is 572 g/mol. The van der Waals surface area contributed by atoms with Crippen molar-refractivity contribution in [2.75, 3.05) is 30.3 Å². The number of aryl methyl sites for hydroxylation is 1. The molecule has 9 nitrogen and oxygen atoms in total. The summed E-state index contributed by atoms with van der Waals surface area (Å²) in [6, 6.07) is 12.5. The Morgan fingerprint density at radius 1 is 1.05 bits per heavy atom. The molecule has 1 aliphatic carbocycles. The van der Waals surface area contributed by atoms with E-state index in [-0.39, 0.29) is 30.8 Å². The number of sulfonamides is 1. The van der Waals surface area contributed by atoms with E-state index in [4.69, 9.17) is 9.47 Å². The Hall–Kier alpha value is -3.27. The highest BCUT2D eigenvalue weighted by Gasteiger charge is 2.31. The van der Waals surface area contributed by atoms with Gasteiger partial charge in [0.15, 0.2) is 11.5 Å². The van der Waals surface area contributed by atoms with Crippen LogP contribution in [0.15, 0.2) is 42.5 Å². The van der Waals surface area contributed by atoms with Crippen molar-refractivity contribution < 1.29 is 27.5 Å². The maximum atomic E-state index is 13.7. The zero-order valence-electron chi connectivity index (χ0n) is 23.7. The van der Waals surface area contributed by atoms with Gasteiger partial charge in [-0.25, -0.2) is 8.42 Å². The van der Waals surface area contributed by atoms with Crippen molar-refractivity contribution in [3.63, 3.8) is 0 Å². The average Bonchev–Trinajstić information content (AvgIpc) is 3.43. The minimum Gasteiger partial charge on any atom is -0.486 e. The molecule has 0 unspecified atom stereocenters. The fraction of sp³-hybridized carbons (Fsp3) is 0.533. The molecular weight excluding hydrogens is 530 g/mol. The summed E-state index contributed by atoms with van der Waals surface area (Å²) in [5.41, 5.74) is 2.49. The van der Waals surface area contributed by atoms with Gasteiger partial charge >= 0.3 is 0 Å². The van der Waals surface area contributed by atoms with Gasteiger partial charge in [0, 0.05) is 31.6 Å². The van der Waals surface area contributed by atoms with Crippen LogP contribution in [0, 0.1) is 6.92 Å². The molecule has 0 saturated heterocycles. The molecule has 2 aromatic rings. The fourth-order valence-corrected chi connectivity index (χ4v) is 6.44. The molecule has 1 saturated carbocycles. The van der Waals surface area contributed by atoms with Gasteiger partial charge in [-0.2, -0.15) is 0 Å². The quantitative estimate of drug-likeness (QED) is 0.410. The Kier molecular flexibility index (Phi) is 9.95. The first-order valence-corrected chi connectivity index (χ1v) is 16.0. The molecule has 1 fully saturated rings. The smallest absolute Gasteiger partial charge is 0.243 e. The van der Waals surface area contributed by atoms with Crippen molar-refractivity contribution in [1.29, 1.82) is 0 Å². The van der Waals surface area contributed by atoms with E-state index in [1.807, 2.05) is 38.1 Å². The topological polar surface area (TPSA) is 105 Å². The molecule has 40 heavy (non-hydrogen) atoms. The van der Waals surface area contributed by atoms with Crippen molar-refractivity contribution in [3.8, 4) is 11.5 Å². The van der Waals surface area contributed by atoms with Crippen molar-refractivity contribution >= 4 is 27.5 Å². The molecule has 1 atom stereocenters. The van der Waals surface area contributed by atoms with Gasteiger partial charge in [-0.3, -0.25) is 13.9 Å². The van der Waals surface area contributed by atoms with Crippen LogP contribution in [0.3, 0.4) is 0 Å². The zero-order chi connectivity index (χ0) is 28.7. The number of ether oxygens (including phenoxy) is 2. The lowest BCUT2D eigenvalue weighted by Crippen LogP contribution is -2.51. The van der Waals surface area contributed by atoms with E-state index in [1.165, 1.54) is 4.31 Å². The standard InChI is InChI=1S/C30H41N3O6S/c1-4-26(30(35)31-24-11-5-6-12-24)32(21-23-10-7-9-22(2)19-23)29(34)13-8-16-33(40(3,36)37)25-14-15-27-28(20-25)39-18-17-38-27/h7,9-10,14-15,19-20,24,26H,4-6,8,11-13,16-18,21H2,1-3H3,(H,31,35)/t26-/m1/s1. The number of nitrogens with zero attached hydrogens (tertiary/aromatic N) is 2. The largest absolute Gasteiger partial charge is 0.486 e. The zero-order valence-corrected chi connectivity index (χ0v) is 24.5. The van der Waals surface area contributed by atoms with E-state index in [9.17, 15) is 18.0 Å². The predicted octanol–water partition coefficient (Wildman–Crippen LogP) is 4.18.